The molecule has 2 rings (SSSR count). The fourth-order valence-corrected chi connectivity index (χ4v) is 2.37. The molecule has 7 heteroatoms. The molecule has 1 aliphatic heterocycles. The first-order valence-corrected chi connectivity index (χ1v) is 7.40. The molecular weight excluding hydrogens is 303 g/mol. The summed E-state index contributed by atoms with van der Waals surface area (Å²) < 4.78 is 23.7. The predicted octanol–water partition coefficient (Wildman–Crippen LogP) is 2.58. The van der Waals surface area contributed by atoms with Gasteiger partial charge in [0.25, 0.3) is 0 Å². The van der Waals surface area contributed by atoms with Crippen LogP contribution < -0.4 is 10.6 Å². The smallest absolute Gasteiger partial charge is 0.409 e. The third-order valence-corrected chi connectivity index (χ3v) is 3.21. The van der Waals surface area contributed by atoms with Crippen LogP contribution in [0.5, 0.6) is 0 Å². The van der Waals surface area contributed by atoms with Gasteiger partial charge in [-0.15, -0.1) is 0 Å². The van der Waals surface area contributed by atoms with Gasteiger partial charge in [0.15, 0.2) is 0 Å². The van der Waals surface area contributed by atoms with Crippen molar-refractivity contribution in [2.75, 3.05) is 11.9 Å². The van der Waals surface area contributed by atoms with Crippen LogP contribution in [0.2, 0.25) is 0 Å². The highest BCUT2D eigenvalue weighted by Crippen LogP contribution is 2.32. The Labute approximate surface area is 134 Å². The minimum absolute atomic E-state index is 0.0676. The van der Waals surface area contributed by atoms with Crippen LogP contribution >= 0.6 is 0 Å². The van der Waals surface area contributed by atoms with Crippen LogP contribution in [0.3, 0.4) is 0 Å². The third kappa shape index (κ3) is 3.91. The molecule has 1 amide bonds. The number of esters is 1. The van der Waals surface area contributed by atoms with Gasteiger partial charge < -0.3 is 14.8 Å². The molecule has 0 saturated carbocycles. The molecule has 0 radical (unpaired) electrons. The SMILES string of the molecule is CCOC(=O)C1(NC(=O)OC(C)(C)C)Cc2cc(F)ccc2N1. The largest absolute Gasteiger partial charge is 0.463 e. The summed E-state index contributed by atoms with van der Waals surface area (Å²) in [6.45, 7) is 6.98. The van der Waals surface area contributed by atoms with Gasteiger partial charge in [-0.2, -0.15) is 0 Å². The lowest BCUT2D eigenvalue weighted by Gasteiger charge is -2.30. The van der Waals surface area contributed by atoms with Gasteiger partial charge in [-0.3, -0.25) is 5.32 Å². The van der Waals surface area contributed by atoms with E-state index in [1.165, 1.54) is 18.2 Å². The van der Waals surface area contributed by atoms with Crippen LogP contribution in [0.1, 0.15) is 33.3 Å². The standard InChI is InChI=1S/C16H21FN2O4/c1-5-22-13(20)16(19-14(21)23-15(2,3)4)9-10-8-11(17)6-7-12(10)18-16/h6-8,18H,5,9H2,1-4H3,(H,19,21). The third-order valence-electron chi connectivity index (χ3n) is 3.21. The number of nitrogens with one attached hydrogen (secondary N) is 2. The van der Waals surface area contributed by atoms with Crippen molar-refractivity contribution >= 4 is 17.7 Å². The Morgan fingerprint density at radius 1 is 1.39 bits per heavy atom. The topological polar surface area (TPSA) is 76.7 Å². The number of ether oxygens (including phenoxy) is 2. The number of rotatable bonds is 3. The zero-order valence-electron chi connectivity index (χ0n) is 13.7. The first-order chi connectivity index (χ1) is 10.6. The summed E-state index contributed by atoms with van der Waals surface area (Å²) in [4.78, 5) is 24.5. The van der Waals surface area contributed by atoms with Crippen molar-refractivity contribution in [3.8, 4) is 0 Å². The molecule has 126 valence electrons. The Bertz CT molecular complexity index is 627. The van der Waals surface area contributed by atoms with Crippen LogP contribution in [0.25, 0.3) is 0 Å². The average Bonchev–Trinajstić information content (AvgIpc) is 2.75. The molecule has 0 fully saturated rings. The molecule has 0 bridgehead atoms. The van der Waals surface area contributed by atoms with Gasteiger partial charge in [0.1, 0.15) is 11.4 Å². The van der Waals surface area contributed by atoms with E-state index in [2.05, 4.69) is 10.6 Å². The van der Waals surface area contributed by atoms with Crippen molar-refractivity contribution in [2.24, 2.45) is 0 Å². The number of carbonyl (C=O) groups excluding carboxylic acids is 2. The number of anilines is 1. The summed E-state index contributed by atoms with van der Waals surface area (Å²) in [6.07, 6.45) is -0.690. The van der Waals surface area contributed by atoms with E-state index in [1.807, 2.05) is 0 Å². The van der Waals surface area contributed by atoms with Crippen LogP contribution in [0.15, 0.2) is 18.2 Å². The molecule has 6 nitrogen and oxygen atoms in total. The highest BCUT2D eigenvalue weighted by molar-refractivity contribution is 5.91. The summed E-state index contributed by atoms with van der Waals surface area (Å²) in [5.41, 5.74) is -1.07. The summed E-state index contributed by atoms with van der Waals surface area (Å²) in [7, 11) is 0. The van der Waals surface area contributed by atoms with Crippen molar-refractivity contribution in [2.45, 2.75) is 45.4 Å². The summed E-state index contributed by atoms with van der Waals surface area (Å²) in [5, 5.41) is 5.45. The number of hydrogen-bond acceptors (Lipinski definition) is 5. The average molecular weight is 324 g/mol. The zero-order valence-corrected chi connectivity index (χ0v) is 13.7. The lowest BCUT2D eigenvalue weighted by Crippen LogP contribution is -2.60. The lowest BCUT2D eigenvalue weighted by molar-refractivity contribution is -0.149. The second-order valence-corrected chi connectivity index (χ2v) is 6.36. The molecule has 1 heterocycles. The Morgan fingerprint density at radius 3 is 2.70 bits per heavy atom. The van der Waals surface area contributed by atoms with E-state index in [0.717, 1.165) is 0 Å². The maximum Gasteiger partial charge on any atom is 0.409 e. The van der Waals surface area contributed by atoms with E-state index in [9.17, 15) is 14.0 Å². The second-order valence-electron chi connectivity index (χ2n) is 6.36. The van der Waals surface area contributed by atoms with Crippen molar-refractivity contribution < 1.29 is 23.5 Å². The first kappa shape index (κ1) is 17.1. The van der Waals surface area contributed by atoms with E-state index in [1.54, 1.807) is 27.7 Å². The summed E-state index contributed by atoms with van der Waals surface area (Å²) >= 11 is 0. The fraction of sp³-hybridized carbons (Fsp3) is 0.500. The van der Waals surface area contributed by atoms with Crippen molar-refractivity contribution in [1.82, 2.24) is 5.32 Å². The maximum absolute atomic E-state index is 13.4. The van der Waals surface area contributed by atoms with Gasteiger partial charge in [-0.1, -0.05) is 0 Å². The predicted molar refractivity (Wildman–Crippen MR) is 82.5 cm³/mol. The van der Waals surface area contributed by atoms with E-state index in [0.29, 0.717) is 11.3 Å². The number of halogens is 1. The van der Waals surface area contributed by atoms with Crippen LogP contribution in [-0.4, -0.2) is 29.9 Å². The molecule has 2 N–H and O–H groups in total. The first-order valence-electron chi connectivity index (χ1n) is 7.40. The van der Waals surface area contributed by atoms with E-state index in [4.69, 9.17) is 9.47 Å². The number of amides is 1. The van der Waals surface area contributed by atoms with Crippen molar-refractivity contribution in [1.29, 1.82) is 0 Å². The molecule has 1 atom stereocenters. The van der Waals surface area contributed by atoms with Crippen LogP contribution in [-0.2, 0) is 20.7 Å². The minimum Gasteiger partial charge on any atom is -0.463 e. The maximum atomic E-state index is 13.4. The quantitative estimate of drug-likeness (QED) is 0.836. The Morgan fingerprint density at radius 2 is 2.09 bits per heavy atom. The minimum atomic E-state index is -1.51. The van der Waals surface area contributed by atoms with Gasteiger partial charge in [-0.25, -0.2) is 14.0 Å². The Kier molecular flexibility index (Phi) is 4.49. The highest BCUT2D eigenvalue weighted by Gasteiger charge is 2.47. The van der Waals surface area contributed by atoms with E-state index < -0.39 is 29.1 Å². The highest BCUT2D eigenvalue weighted by atomic mass is 19.1. The second kappa shape index (κ2) is 6.06. The van der Waals surface area contributed by atoms with E-state index >= 15 is 0 Å². The van der Waals surface area contributed by atoms with Crippen LogP contribution in [0.4, 0.5) is 14.9 Å². The summed E-state index contributed by atoms with van der Waals surface area (Å²) in [6, 6.07) is 4.11. The van der Waals surface area contributed by atoms with Gasteiger partial charge in [0, 0.05) is 12.1 Å². The lowest BCUT2D eigenvalue weighted by atomic mass is 10.0. The molecule has 1 aromatic carbocycles. The molecule has 0 aliphatic carbocycles. The van der Waals surface area contributed by atoms with E-state index in [-0.39, 0.29) is 13.0 Å². The number of alkyl carbamates (subject to hydrolysis) is 1. The van der Waals surface area contributed by atoms with Crippen molar-refractivity contribution in [3.05, 3.63) is 29.6 Å². The normalized spacial score (nSPS) is 19.5. The Hall–Kier alpha value is -2.31. The molecule has 0 aromatic heterocycles. The van der Waals surface area contributed by atoms with Crippen LogP contribution in [0, 0.1) is 5.82 Å². The van der Waals surface area contributed by atoms with Gasteiger partial charge in [0.05, 0.1) is 6.61 Å². The number of benzene rings is 1. The molecule has 1 aliphatic rings. The molecule has 23 heavy (non-hydrogen) atoms. The number of fused-ring (bicyclic) bond motifs is 1. The fourth-order valence-electron chi connectivity index (χ4n) is 2.37. The Balaban J connectivity index is 2.26. The zero-order chi connectivity index (χ0) is 17.3. The molecule has 0 spiro atoms. The monoisotopic (exact) mass is 324 g/mol. The number of hydrogen-bond donors (Lipinski definition) is 2. The molecular formula is C16H21FN2O4. The van der Waals surface area contributed by atoms with Crippen molar-refractivity contribution in [3.63, 3.8) is 0 Å². The molecule has 0 saturated heterocycles. The van der Waals surface area contributed by atoms with Gasteiger partial charge in [-0.05, 0) is 51.5 Å². The number of carbonyl (C=O) groups is 2. The molecule has 1 unspecified atom stereocenters. The van der Waals surface area contributed by atoms with Gasteiger partial charge >= 0.3 is 12.1 Å². The van der Waals surface area contributed by atoms with Gasteiger partial charge in [0.2, 0.25) is 5.66 Å². The summed E-state index contributed by atoms with van der Waals surface area (Å²) in [5.74, 6) is -1.06. The molecule has 1 aromatic rings.